The first-order valence-electron chi connectivity index (χ1n) is 8.75. The number of nitrogens with two attached hydrogens (primary N) is 1. The number of primary amides is 1. The molecule has 1 aliphatic rings. The summed E-state index contributed by atoms with van der Waals surface area (Å²) in [4.78, 5) is 30.3. The Labute approximate surface area is 148 Å². The summed E-state index contributed by atoms with van der Waals surface area (Å²) in [6, 6.07) is 1.53. The van der Waals surface area contributed by atoms with Crippen molar-refractivity contribution in [2.45, 2.75) is 46.1 Å². The van der Waals surface area contributed by atoms with E-state index in [0.717, 1.165) is 25.8 Å². The van der Waals surface area contributed by atoms with E-state index >= 15 is 0 Å². The molecule has 1 aromatic rings. The largest absolute Gasteiger partial charge is 0.480 e. The van der Waals surface area contributed by atoms with Gasteiger partial charge in [-0.25, -0.2) is 9.78 Å². The second-order valence-corrected chi connectivity index (χ2v) is 7.05. The lowest BCUT2D eigenvalue weighted by Gasteiger charge is -2.33. The van der Waals surface area contributed by atoms with Gasteiger partial charge in [-0.1, -0.05) is 20.8 Å². The molecule has 2 atom stereocenters. The number of carbonyl (C=O) groups is 2. The van der Waals surface area contributed by atoms with Gasteiger partial charge in [-0.3, -0.25) is 4.79 Å². The number of pyridine rings is 1. The summed E-state index contributed by atoms with van der Waals surface area (Å²) in [6.45, 7) is 7.23. The van der Waals surface area contributed by atoms with Crippen LogP contribution in [0.4, 0.5) is 10.5 Å². The molecule has 0 spiro atoms. The first-order valence-corrected chi connectivity index (χ1v) is 8.75. The normalized spacial score (nSPS) is 20.9. The molecule has 2 rings (SSSR count). The Balaban J connectivity index is 2.19. The molecule has 1 aliphatic heterocycles. The predicted octanol–water partition coefficient (Wildman–Crippen LogP) is 2.87. The molecule has 0 saturated carbocycles. The van der Waals surface area contributed by atoms with Gasteiger partial charge in [-0.05, 0) is 37.2 Å². The summed E-state index contributed by atoms with van der Waals surface area (Å²) < 4.78 is 5.02. The highest BCUT2D eigenvalue weighted by atomic mass is 16.5. The molecule has 7 heteroatoms. The van der Waals surface area contributed by atoms with Crippen LogP contribution in [0.25, 0.3) is 0 Å². The minimum atomic E-state index is -0.649. The fourth-order valence-electron chi connectivity index (χ4n) is 3.28. The fraction of sp³-hybridized carbons (Fsp3) is 0.611. The zero-order valence-corrected chi connectivity index (χ0v) is 15.4. The minimum Gasteiger partial charge on any atom is -0.480 e. The Morgan fingerprint density at radius 3 is 2.68 bits per heavy atom. The summed E-state index contributed by atoms with van der Waals surface area (Å²) >= 11 is 0. The third-order valence-corrected chi connectivity index (χ3v) is 4.81. The number of aromatic nitrogens is 1. The zero-order valence-electron chi connectivity index (χ0n) is 15.4. The zero-order chi connectivity index (χ0) is 18.6. The molecule has 0 aromatic carbocycles. The molecule has 2 unspecified atom stereocenters. The standard InChI is InChI=1S/C18H28N4O3/c1-11(2)15-6-5-12(3)7-8-22(15)18(24)21-13-9-14(16(19)23)17(25-4)20-10-13/h9-12,15H,5-8H2,1-4H3,(H2,19,23)(H,21,24). The molecule has 0 bridgehead atoms. The highest BCUT2D eigenvalue weighted by Gasteiger charge is 2.29. The van der Waals surface area contributed by atoms with Gasteiger partial charge in [0.05, 0.1) is 19.0 Å². The van der Waals surface area contributed by atoms with Crippen LogP contribution >= 0.6 is 0 Å². The van der Waals surface area contributed by atoms with Gasteiger partial charge < -0.3 is 20.7 Å². The third-order valence-electron chi connectivity index (χ3n) is 4.81. The van der Waals surface area contributed by atoms with Gasteiger partial charge in [-0.2, -0.15) is 0 Å². The smallest absolute Gasteiger partial charge is 0.322 e. The van der Waals surface area contributed by atoms with Crippen molar-refractivity contribution >= 4 is 17.6 Å². The first-order chi connectivity index (χ1) is 11.8. The van der Waals surface area contributed by atoms with Crippen molar-refractivity contribution in [1.82, 2.24) is 9.88 Å². The van der Waals surface area contributed by atoms with Crippen molar-refractivity contribution in [1.29, 1.82) is 0 Å². The molecule has 25 heavy (non-hydrogen) atoms. The Hall–Kier alpha value is -2.31. The van der Waals surface area contributed by atoms with E-state index in [9.17, 15) is 9.59 Å². The van der Waals surface area contributed by atoms with Crippen LogP contribution in [0.5, 0.6) is 5.88 Å². The molecule has 2 heterocycles. The van der Waals surface area contributed by atoms with Crippen molar-refractivity contribution in [3.8, 4) is 5.88 Å². The lowest BCUT2D eigenvalue weighted by atomic mass is 9.95. The van der Waals surface area contributed by atoms with Crippen molar-refractivity contribution in [3.05, 3.63) is 17.8 Å². The SMILES string of the molecule is COc1ncc(NC(=O)N2CCC(C)CCC2C(C)C)cc1C(N)=O. The summed E-state index contributed by atoms with van der Waals surface area (Å²) in [7, 11) is 1.42. The van der Waals surface area contributed by atoms with E-state index in [4.69, 9.17) is 10.5 Å². The van der Waals surface area contributed by atoms with Gasteiger partial charge in [0.15, 0.2) is 0 Å². The van der Waals surface area contributed by atoms with Crippen LogP contribution in [0.2, 0.25) is 0 Å². The van der Waals surface area contributed by atoms with Gasteiger partial charge in [0, 0.05) is 12.6 Å². The number of urea groups is 1. The van der Waals surface area contributed by atoms with E-state index in [1.54, 1.807) is 0 Å². The second-order valence-electron chi connectivity index (χ2n) is 7.05. The second kappa shape index (κ2) is 8.18. The van der Waals surface area contributed by atoms with Gasteiger partial charge in [-0.15, -0.1) is 0 Å². The molecule has 3 amide bonds. The predicted molar refractivity (Wildman–Crippen MR) is 96.7 cm³/mol. The average molecular weight is 348 g/mol. The van der Waals surface area contributed by atoms with Crippen molar-refractivity contribution < 1.29 is 14.3 Å². The molecule has 0 radical (unpaired) electrons. The molecule has 138 valence electrons. The summed E-state index contributed by atoms with van der Waals surface area (Å²) in [5.41, 5.74) is 5.92. The Kier molecular flexibility index (Phi) is 6.22. The van der Waals surface area contributed by atoms with Gasteiger partial charge >= 0.3 is 6.03 Å². The highest BCUT2D eigenvalue weighted by molar-refractivity contribution is 5.97. The van der Waals surface area contributed by atoms with Crippen LogP contribution in [0.1, 0.15) is 50.4 Å². The number of amides is 3. The number of nitrogens with zero attached hydrogens (tertiary/aromatic N) is 2. The van der Waals surface area contributed by atoms with E-state index < -0.39 is 5.91 Å². The van der Waals surface area contributed by atoms with Crippen LogP contribution in [-0.4, -0.2) is 41.5 Å². The number of likely N-dealkylation sites (tertiary alicyclic amines) is 1. The molecule has 1 aromatic heterocycles. The summed E-state index contributed by atoms with van der Waals surface area (Å²) in [5, 5.41) is 2.85. The molecular weight excluding hydrogens is 320 g/mol. The Morgan fingerprint density at radius 2 is 2.08 bits per heavy atom. The minimum absolute atomic E-state index is 0.144. The van der Waals surface area contributed by atoms with E-state index in [0.29, 0.717) is 17.5 Å². The van der Waals surface area contributed by atoms with Gasteiger partial charge in [0.1, 0.15) is 5.56 Å². The number of hydrogen-bond acceptors (Lipinski definition) is 4. The van der Waals surface area contributed by atoms with Crippen LogP contribution in [-0.2, 0) is 0 Å². The number of anilines is 1. The Bertz CT molecular complexity index is 633. The fourth-order valence-corrected chi connectivity index (χ4v) is 3.28. The maximum absolute atomic E-state index is 12.8. The van der Waals surface area contributed by atoms with Crippen molar-refractivity contribution in [2.24, 2.45) is 17.6 Å². The lowest BCUT2D eigenvalue weighted by molar-refractivity contribution is 0.0996. The van der Waals surface area contributed by atoms with E-state index in [1.165, 1.54) is 19.4 Å². The van der Waals surface area contributed by atoms with Crippen molar-refractivity contribution in [2.75, 3.05) is 19.0 Å². The Morgan fingerprint density at radius 1 is 1.36 bits per heavy atom. The summed E-state index contributed by atoms with van der Waals surface area (Å²) in [5.74, 6) is 0.493. The van der Waals surface area contributed by atoms with Crippen LogP contribution in [0.3, 0.4) is 0 Å². The van der Waals surface area contributed by atoms with Gasteiger partial charge in [0.25, 0.3) is 5.91 Å². The van der Waals surface area contributed by atoms with Crippen LogP contribution in [0, 0.1) is 11.8 Å². The number of carbonyl (C=O) groups excluding carboxylic acids is 2. The maximum Gasteiger partial charge on any atom is 0.322 e. The number of nitrogens with one attached hydrogen (secondary N) is 1. The molecule has 1 fully saturated rings. The monoisotopic (exact) mass is 348 g/mol. The third kappa shape index (κ3) is 4.61. The van der Waals surface area contributed by atoms with E-state index in [-0.39, 0.29) is 23.5 Å². The number of rotatable bonds is 4. The van der Waals surface area contributed by atoms with Gasteiger partial charge in [0.2, 0.25) is 5.88 Å². The average Bonchev–Trinajstić information content (AvgIpc) is 2.76. The lowest BCUT2D eigenvalue weighted by Crippen LogP contribution is -2.45. The highest BCUT2D eigenvalue weighted by Crippen LogP contribution is 2.27. The van der Waals surface area contributed by atoms with Crippen LogP contribution in [0.15, 0.2) is 12.3 Å². The molecular formula is C18H28N4O3. The number of methoxy groups -OCH3 is 1. The van der Waals surface area contributed by atoms with E-state index in [2.05, 4.69) is 31.1 Å². The number of ether oxygens (including phenoxy) is 1. The molecule has 7 nitrogen and oxygen atoms in total. The molecule has 3 N–H and O–H groups in total. The maximum atomic E-state index is 12.8. The van der Waals surface area contributed by atoms with Crippen molar-refractivity contribution in [3.63, 3.8) is 0 Å². The quantitative estimate of drug-likeness (QED) is 0.874. The van der Waals surface area contributed by atoms with E-state index in [1.807, 2.05) is 4.90 Å². The van der Waals surface area contributed by atoms with Crippen LogP contribution < -0.4 is 15.8 Å². The number of hydrogen-bond donors (Lipinski definition) is 2. The molecule has 1 saturated heterocycles. The molecule has 0 aliphatic carbocycles. The first kappa shape index (κ1) is 19.0. The topological polar surface area (TPSA) is 97.6 Å². The summed E-state index contributed by atoms with van der Waals surface area (Å²) in [6.07, 6.45) is 4.58.